The summed E-state index contributed by atoms with van der Waals surface area (Å²) in [6.45, 7) is 1.99. The van der Waals surface area contributed by atoms with Crippen molar-refractivity contribution in [2.45, 2.75) is 6.42 Å². The average Bonchev–Trinajstić information content (AvgIpc) is 2.16. The van der Waals surface area contributed by atoms with Crippen LogP contribution in [0.25, 0.3) is 0 Å². The lowest BCUT2D eigenvalue weighted by atomic mass is 10.4. The summed E-state index contributed by atoms with van der Waals surface area (Å²) in [6, 6.07) is 0. The molecule has 82 valence electrons. The van der Waals surface area contributed by atoms with Gasteiger partial charge in [-0.2, -0.15) is 0 Å². The second-order valence-corrected chi connectivity index (χ2v) is 3.11. The Labute approximate surface area is 92.3 Å². The van der Waals surface area contributed by atoms with E-state index in [1.807, 2.05) is 0 Å². The Morgan fingerprint density at radius 3 is 2.29 bits per heavy atom. The molecule has 0 aromatic rings. The molecule has 0 saturated carbocycles. The summed E-state index contributed by atoms with van der Waals surface area (Å²) in [5.74, 6) is 0. The molecular formula is C10H20N2OS. The largest absolute Gasteiger partial charge is 0.385 e. The zero-order chi connectivity index (χ0) is 11.2. The van der Waals surface area contributed by atoms with Gasteiger partial charge in [-0.25, -0.2) is 0 Å². The highest BCUT2D eigenvalue weighted by Gasteiger charge is 1.86. The molecule has 4 heteroatoms. The molecule has 0 unspecified atom stereocenters. The Morgan fingerprint density at radius 2 is 2.00 bits per heavy atom. The predicted molar refractivity (Wildman–Crippen MR) is 66.6 cm³/mol. The van der Waals surface area contributed by atoms with Crippen molar-refractivity contribution in [3.05, 3.63) is 12.2 Å². The summed E-state index contributed by atoms with van der Waals surface area (Å²) in [7, 11) is 5.86. The number of allylic oxidation sites excluding steroid dienone is 2. The van der Waals surface area contributed by atoms with Gasteiger partial charge >= 0.3 is 0 Å². The molecule has 0 aromatic heterocycles. The van der Waals surface area contributed by atoms with Crippen LogP contribution in [0.1, 0.15) is 6.42 Å². The molecule has 0 aliphatic heterocycles. The van der Waals surface area contributed by atoms with Crippen LogP contribution in [-0.4, -0.2) is 50.8 Å². The van der Waals surface area contributed by atoms with Crippen molar-refractivity contribution in [1.82, 2.24) is 4.90 Å². The van der Waals surface area contributed by atoms with E-state index in [2.05, 4.69) is 31.2 Å². The van der Waals surface area contributed by atoms with Gasteiger partial charge in [0.1, 0.15) is 0 Å². The summed E-state index contributed by atoms with van der Waals surface area (Å²) in [4.78, 5) is 2.15. The molecule has 0 radical (unpaired) electrons. The minimum Gasteiger partial charge on any atom is -0.385 e. The van der Waals surface area contributed by atoms with Gasteiger partial charge in [-0.15, -0.1) is 0 Å². The zero-order valence-corrected chi connectivity index (χ0v) is 10.0. The average molecular weight is 216 g/mol. The minimum absolute atomic E-state index is 0.873. The van der Waals surface area contributed by atoms with Crippen LogP contribution >= 0.6 is 12.2 Å². The number of hydrogen-bond acceptors (Lipinski definition) is 4. The fourth-order valence-corrected chi connectivity index (χ4v) is 0.717. The number of rotatable bonds is 6. The third-order valence-electron chi connectivity index (χ3n) is 1.24. The maximum absolute atomic E-state index is 6.43. The molecule has 0 fully saturated rings. The van der Waals surface area contributed by atoms with Crippen molar-refractivity contribution in [2.75, 3.05) is 34.4 Å². The maximum atomic E-state index is 6.43. The van der Waals surface area contributed by atoms with E-state index < -0.39 is 0 Å². The van der Waals surface area contributed by atoms with Gasteiger partial charge in [0, 0.05) is 25.3 Å². The van der Waals surface area contributed by atoms with Crippen LogP contribution in [0.15, 0.2) is 12.2 Å². The summed E-state index contributed by atoms with van der Waals surface area (Å²) >= 11 is 4.40. The zero-order valence-electron chi connectivity index (χ0n) is 9.19. The molecule has 3 nitrogen and oxygen atoms in total. The van der Waals surface area contributed by atoms with Gasteiger partial charge in [0.2, 0.25) is 0 Å². The summed E-state index contributed by atoms with van der Waals surface area (Å²) in [6.07, 6.45) is 5.50. The quantitative estimate of drug-likeness (QED) is 0.318. The van der Waals surface area contributed by atoms with Gasteiger partial charge in [0.25, 0.3) is 0 Å². The van der Waals surface area contributed by atoms with E-state index in [1.54, 1.807) is 19.3 Å². The molecule has 0 aliphatic rings. The Bertz CT molecular complexity index is 148. The van der Waals surface area contributed by atoms with Gasteiger partial charge in [0.15, 0.2) is 0 Å². The molecule has 0 rings (SSSR count). The smallest absolute Gasteiger partial charge is 0.0474 e. The normalized spacial score (nSPS) is 9.71. The first-order valence-corrected chi connectivity index (χ1v) is 4.90. The van der Waals surface area contributed by atoms with Gasteiger partial charge in [-0.3, -0.25) is 0 Å². The van der Waals surface area contributed by atoms with E-state index in [9.17, 15) is 0 Å². The first-order valence-electron chi connectivity index (χ1n) is 4.43. The van der Waals surface area contributed by atoms with E-state index in [0.717, 1.165) is 19.6 Å². The minimum atomic E-state index is 0.873. The highest BCUT2D eigenvalue weighted by Crippen LogP contribution is 1.81. The van der Waals surface area contributed by atoms with Crippen LogP contribution < -0.4 is 0 Å². The van der Waals surface area contributed by atoms with Crippen LogP contribution in [0.2, 0.25) is 0 Å². The number of thiocarbonyl (C=S) groups is 1. The van der Waals surface area contributed by atoms with Gasteiger partial charge in [-0.1, -0.05) is 12.2 Å². The lowest BCUT2D eigenvalue weighted by Gasteiger charge is -2.07. The van der Waals surface area contributed by atoms with E-state index in [0.29, 0.717) is 0 Å². The van der Waals surface area contributed by atoms with Crippen LogP contribution in [0.5, 0.6) is 0 Å². The van der Waals surface area contributed by atoms with Crippen molar-refractivity contribution in [3.63, 3.8) is 0 Å². The third-order valence-corrected chi connectivity index (χ3v) is 1.40. The predicted octanol–water partition coefficient (Wildman–Crippen LogP) is 1.78. The van der Waals surface area contributed by atoms with Gasteiger partial charge in [0.05, 0.1) is 0 Å². The maximum Gasteiger partial charge on any atom is 0.0474 e. The van der Waals surface area contributed by atoms with E-state index in [1.165, 1.54) is 11.6 Å². The van der Waals surface area contributed by atoms with Crippen LogP contribution in [0.4, 0.5) is 0 Å². The van der Waals surface area contributed by atoms with Gasteiger partial charge in [-0.05, 0) is 39.2 Å². The standard InChI is InChI=1S/C6H15NO.C4H5NS/c1-7(2)5-4-6-8-3;5-3-1-2-4-6/h4-6H2,1-3H3;1-5H/b;2-1-,5-3?. The number of methoxy groups -OCH3 is 1. The lowest BCUT2D eigenvalue weighted by Crippen LogP contribution is -2.14. The molecule has 0 spiro atoms. The Balaban J connectivity index is 0. The monoisotopic (exact) mass is 216 g/mol. The molecule has 0 atom stereocenters. The molecule has 14 heavy (non-hydrogen) atoms. The van der Waals surface area contributed by atoms with Crippen LogP contribution in [-0.2, 0) is 4.74 Å². The van der Waals surface area contributed by atoms with Gasteiger partial charge < -0.3 is 15.0 Å². The first kappa shape index (κ1) is 15.9. The Hall–Kier alpha value is -0.580. The Kier molecular flexibility index (Phi) is 16.9. The summed E-state index contributed by atoms with van der Waals surface area (Å²) in [5, 5.41) is 7.89. The summed E-state index contributed by atoms with van der Waals surface area (Å²) in [5.41, 5.74) is 0. The number of hydrogen-bond donors (Lipinski definition) is 1. The fourth-order valence-electron chi connectivity index (χ4n) is 0.626. The number of ether oxygens (including phenoxy) is 1. The highest BCUT2D eigenvalue weighted by molar-refractivity contribution is 7.79. The van der Waals surface area contributed by atoms with E-state index >= 15 is 0 Å². The van der Waals surface area contributed by atoms with E-state index in [-0.39, 0.29) is 0 Å². The third kappa shape index (κ3) is 22.5. The lowest BCUT2D eigenvalue weighted by molar-refractivity contribution is 0.184. The molecule has 0 heterocycles. The molecular weight excluding hydrogens is 196 g/mol. The molecule has 0 aliphatic carbocycles. The fraction of sp³-hybridized carbons (Fsp3) is 0.600. The number of nitrogens with one attached hydrogen (secondary N) is 1. The highest BCUT2D eigenvalue weighted by atomic mass is 32.1. The van der Waals surface area contributed by atoms with Crippen molar-refractivity contribution in [3.8, 4) is 0 Å². The first-order chi connectivity index (χ1) is 6.68. The molecule has 0 saturated heterocycles. The SMILES string of the molecule is COCCCN(C)C.N=C/C=C\C=S. The van der Waals surface area contributed by atoms with Crippen molar-refractivity contribution < 1.29 is 4.74 Å². The molecule has 1 N–H and O–H groups in total. The number of nitrogens with zero attached hydrogens (tertiary/aromatic N) is 1. The molecule has 0 bridgehead atoms. The topological polar surface area (TPSA) is 36.3 Å². The second kappa shape index (κ2) is 14.9. The molecule has 0 amide bonds. The van der Waals surface area contributed by atoms with Crippen molar-refractivity contribution in [2.24, 2.45) is 0 Å². The summed E-state index contributed by atoms with van der Waals surface area (Å²) < 4.78 is 4.87. The Morgan fingerprint density at radius 1 is 1.36 bits per heavy atom. The van der Waals surface area contributed by atoms with Crippen LogP contribution in [0, 0.1) is 5.41 Å². The van der Waals surface area contributed by atoms with Crippen molar-refractivity contribution >= 4 is 23.8 Å². The van der Waals surface area contributed by atoms with Crippen molar-refractivity contribution in [1.29, 1.82) is 5.41 Å². The van der Waals surface area contributed by atoms with E-state index in [4.69, 9.17) is 10.1 Å². The molecule has 0 aromatic carbocycles. The second-order valence-electron chi connectivity index (χ2n) is 2.84. The van der Waals surface area contributed by atoms with Crippen LogP contribution in [0.3, 0.4) is 0 Å².